The highest BCUT2D eigenvalue weighted by Gasteiger charge is 2.68. The summed E-state index contributed by atoms with van der Waals surface area (Å²) in [4.78, 5) is 12.5. The van der Waals surface area contributed by atoms with Crippen LogP contribution in [0.1, 0.15) is 43.6 Å². The number of nitrogens with one attached hydrogen (secondary N) is 1. The fourth-order valence-corrected chi connectivity index (χ4v) is 3.86. The number of carbonyl (C=O) groups is 1. The van der Waals surface area contributed by atoms with Crippen LogP contribution in [-0.2, 0) is 11.8 Å². The summed E-state index contributed by atoms with van der Waals surface area (Å²) >= 11 is 0. The molecule has 1 amide bonds. The van der Waals surface area contributed by atoms with Gasteiger partial charge in [-0.2, -0.15) is 18.3 Å². The molecule has 0 atom stereocenters. The van der Waals surface area contributed by atoms with Crippen LogP contribution in [0.2, 0.25) is 0 Å². The Balaban J connectivity index is 1.67. The second-order valence-electron chi connectivity index (χ2n) is 7.97. The lowest BCUT2D eigenvalue weighted by molar-refractivity contribution is -0.274. The zero-order valence-corrected chi connectivity index (χ0v) is 16.4. The highest BCUT2D eigenvalue weighted by molar-refractivity contribution is 5.98. The highest BCUT2D eigenvalue weighted by atomic mass is 19.4. The lowest BCUT2D eigenvalue weighted by atomic mass is 9.78. The van der Waals surface area contributed by atoms with E-state index in [9.17, 15) is 31.1 Å². The number of hydrogen-bond donors (Lipinski definition) is 1. The van der Waals surface area contributed by atoms with Gasteiger partial charge in [0.15, 0.2) is 5.82 Å². The molecule has 2 saturated carbocycles. The molecule has 2 aliphatic carbocycles. The van der Waals surface area contributed by atoms with Crippen LogP contribution in [0.3, 0.4) is 0 Å². The van der Waals surface area contributed by atoms with Crippen molar-refractivity contribution in [2.75, 3.05) is 5.32 Å². The summed E-state index contributed by atoms with van der Waals surface area (Å²) in [7, 11) is 1.57. The second-order valence-corrected chi connectivity index (χ2v) is 7.97. The topological polar surface area (TPSA) is 56.2 Å². The van der Waals surface area contributed by atoms with E-state index in [1.54, 1.807) is 7.05 Å². The molecule has 0 spiro atoms. The Hall–Kier alpha value is -2.72. The van der Waals surface area contributed by atoms with Gasteiger partial charge in [-0.15, -0.1) is 13.2 Å². The van der Waals surface area contributed by atoms with E-state index in [0.717, 1.165) is 31.4 Å². The van der Waals surface area contributed by atoms with Gasteiger partial charge in [-0.05, 0) is 55.9 Å². The molecule has 0 bridgehead atoms. The van der Waals surface area contributed by atoms with E-state index in [1.165, 1.54) is 16.8 Å². The van der Waals surface area contributed by atoms with Crippen molar-refractivity contribution in [3.63, 3.8) is 0 Å². The zero-order chi connectivity index (χ0) is 22.6. The number of aromatic nitrogens is 2. The van der Waals surface area contributed by atoms with Gasteiger partial charge >= 0.3 is 12.5 Å². The van der Waals surface area contributed by atoms with Crippen molar-refractivity contribution in [2.24, 2.45) is 12.5 Å². The number of ether oxygens (including phenoxy) is 1. The van der Waals surface area contributed by atoms with Crippen molar-refractivity contribution < 1.29 is 35.9 Å². The highest BCUT2D eigenvalue weighted by Crippen LogP contribution is 2.58. The number of nitrogens with zero attached hydrogens (tertiary/aromatic N) is 2. The van der Waals surface area contributed by atoms with E-state index >= 15 is 0 Å². The van der Waals surface area contributed by atoms with Crippen LogP contribution >= 0.6 is 0 Å². The molecular weight excluding hydrogens is 428 g/mol. The SMILES string of the molecule is Cn1nc(NC(=O)C2(C(F)(F)F)CC2)c(C2CCC2)c1-c1ccc(OC(F)(F)F)cc1. The first kappa shape index (κ1) is 21.5. The standard InChI is InChI=1S/C20H19F6N3O2/c1-29-15(12-5-7-13(8-6-12)31-20(24,25)26)14(11-3-2-4-11)16(28-29)27-17(30)18(9-10-18)19(21,22)23/h5-8,11H,2-4,9-10H2,1H3,(H,27,28,30). The molecule has 2 aliphatic rings. The second kappa shape index (κ2) is 7.16. The molecule has 168 valence electrons. The minimum atomic E-state index is -4.82. The fourth-order valence-electron chi connectivity index (χ4n) is 3.86. The van der Waals surface area contributed by atoms with Crippen molar-refractivity contribution in [3.8, 4) is 17.0 Å². The maximum absolute atomic E-state index is 13.3. The van der Waals surface area contributed by atoms with Crippen LogP contribution in [0.15, 0.2) is 24.3 Å². The van der Waals surface area contributed by atoms with E-state index in [2.05, 4.69) is 15.2 Å². The van der Waals surface area contributed by atoms with Gasteiger partial charge in [0, 0.05) is 18.2 Å². The third-order valence-electron chi connectivity index (χ3n) is 5.92. The van der Waals surface area contributed by atoms with E-state index in [4.69, 9.17) is 0 Å². The summed E-state index contributed by atoms with van der Waals surface area (Å²) in [6.07, 6.45) is -7.50. The Labute approximate surface area is 173 Å². The summed E-state index contributed by atoms with van der Waals surface area (Å²) in [5.41, 5.74) is -0.720. The molecule has 1 aromatic heterocycles. The normalized spacial score (nSPS) is 18.4. The zero-order valence-electron chi connectivity index (χ0n) is 16.4. The van der Waals surface area contributed by atoms with Crippen LogP contribution in [0.4, 0.5) is 32.2 Å². The molecular formula is C20H19F6N3O2. The van der Waals surface area contributed by atoms with E-state index in [1.807, 2.05) is 0 Å². The Bertz CT molecular complexity index is 986. The van der Waals surface area contributed by atoms with Gasteiger partial charge in [-0.1, -0.05) is 6.42 Å². The van der Waals surface area contributed by atoms with Crippen LogP contribution < -0.4 is 10.1 Å². The van der Waals surface area contributed by atoms with Crippen LogP contribution in [0, 0.1) is 5.41 Å². The monoisotopic (exact) mass is 447 g/mol. The molecule has 1 heterocycles. The molecule has 0 aliphatic heterocycles. The van der Waals surface area contributed by atoms with Crippen LogP contribution in [0.25, 0.3) is 11.3 Å². The van der Waals surface area contributed by atoms with Gasteiger partial charge in [0.25, 0.3) is 0 Å². The number of amides is 1. The minimum Gasteiger partial charge on any atom is -0.406 e. The Morgan fingerprint density at radius 3 is 2.19 bits per heavy atom. The number of rotatable bonds is 5. The quantitative estimate of drug-likeness (QED) is 0.613. The molecule has 4 rings (SSSR count). The first-order chi connectivity index (χ1) is 14.4. The number of benzene rings is 1. The first-order valence-electron chi connectivity index (χ1n) is 9.72. The van der Waals surface area contributed by atoms with Gasteiger partial charge in [0.05, 0.1) is 5.69 Å². The molecule has 1 N–H and O–H groups in total. The molecule has 0 unspecified atom stereocenters. The number of halogens is 6. The van der Waals surface area contributed by atoms with Gasteiger partial charge in [-0.25, -0.2) is 0 Å². The van der Waals surface area contributed by atoms with Crippen molar-refractivity contribution >= 4 is 11.7 Å². The minimum absolute atomic E-state index is 0.00820. The third kappa shape index (κ3) is 3.97. The lowest BCUT2D eigenvalue weighted by Crippen LogP contribution is -2.37. The summed E-state index contributed by atoms with van der Waals surface area (Å²) in [6, 6.07) is 5.15. The predicted molar refractivity (Wildman–Crippen MR) is 98.3 cm³/mol. The largest absolute Gasteiger partial charge is 0.573 e. The lowest BCUT2D eigenvalue weighted by Gasteiger charge is -2.27. The van der Waals surface area contributed by atoms with E-state index < -0.39 is 29.6 Å². The molecule has 2 fully saturated rings. The van der Waals surface area contributed by atoms with Gasteiger partial charge in [-0.3, -0.25) is 9.48 Å². The van der Waals surface area contributed by atoms with Crippen molar-refractivity contribution in [3.05, 3.63) is 29.8 Å². The molecule has 31 heavy (non-hydrogen) atoms. The van der Waals surface area contributed by atoms with Crippen LogP contribution in [0.5, 0.6) is 5.75 Å². The maximum atomic E-state index is 13.3. The van der Waals surface area contributed by atoms with Gasteiger partial charge in [0.2, 0.25) is 5.91 Å². The predicted octanol–water partition coefficient (Wildman–Crippen LogP) is 5.53. The fraction of sp³-hybridized carbons (Fsp3) is 0.500. The summed E-state index contributed by atoms with van der Waals surface area (Å²) < 4.78 is 82.5. The smallest absolute Gasteiger partial charge is 0.406 e. The maximum Gasteiger partial charge on any atom is 0.573 e. The van der Waals surface area contributed by atoms with Crippen LogP contribution in [-0.4, -0.2) is 28.2 Å². The van der Waals surface area contributed by atoms with E-state index in [0.29, 0.717) is 16.8 Å². The van der Waals surface area contributed by atoms with Gasteiger partial charge < -0.3 is 10.1 Å². The van der Waals surface area contributed by atoms with Crippen molar-refractivity contribution in [1.29, 1.82) is 0 Å². The Kier molecular flexibility index (Phi) is 4.97. The van der Waals surface area contributed by atoms with Crippen molar-refractivity contribution in [1.82, 2.24) is 9.78 Å². The average Bonchev–Trinajstić information content (AvgIpc) is 3.36. The molecule has 2 aromatic rings. The number of aryl methyl sites for hydroxylation is 1. The number of anilines is 1. The van der Waals surface area contributed by atoms with Crippen molar-refractivity contribution in [2.45, 2.75) is 50.6 Å². The molecule has 1 aromatic carbocycles. The number of carbonyl (C=O) groups excluding carboxylic acids is 1. The molecule has 0 radical (unpaired) electrons. The first-order valence-corrected chi connectivity index (χ1v) is 9.72. The van der Waals surface area contributed by atoms with E-state index in [-0.39, 0.29) is 24.6 Å². The van der Waals surface area contributed by atoms with Gasteiger partial charge in [0.1, 0.15) is 11.2 Å². The average molecular weight is 447 g/mol. The summed E-state index contributed by atoms with van der Waals surface area (Å²) in [6.45, 7) is 0. The Morgan fingerprint density at radius 1 is 1.13 bits per heavy atom. The number of hydrogen-bond acceptors (Lipinski definition) is 3. The summed E-state index contributed by atoms with van der Waals surface area (Å²) in [5.74, 6) is -1.46. The number of alkyl halides is 6. The summed E-state index contributed by atoms with van der Waals surface area (Å²) in [5, 5.41) is 6.62. The molecule has 5 nitrogen and oxygen atoms in total. The third-order valence-corrected chi connectivity index (χ3v) is 5.92. The molecule has 0 saturated heterocycles. The Morgan fingerprint density at radius 2 is 1.74 bits per heavy atom. The molecule has 11 heteroatoms.